The summed E-state index contributed by atoms with van der Waals surface area (Å²) in [6, 6.07) is 1.75. The summed E-state index contributed by atoms with van der Waals surface area (Å²) in [5.74, 6) is 0.716. The third-order valence-electron chi connectivity index (χ3n) is 3.69. The van der Waals surface area contributed by atoms with Crippen LogP contribution >= 0.6 is 0 Å². The first kappa shape index (κ1) is 15.5. The standard InChI is InChI=1S/C14H25N3O2S/c1-4-15-9-13-8-14(10-17(13)3)20(18,19)16-11(2)7-12-5-6-12/h8,10-12,15-16H,4-7,9H2,1-3H3. The minimum atomic E-state index is -3.40. The van der Waals surface area contributed by atoms with Crippen LogP contribution in [0.5, 0.6) is 0 Å². The van der Waals surface area contributed by atoms with Crippen molar-refractivity contribution in [2.24, 2.45) is 13.0 Å². The van der Waals surface area contributed by atoms with E-state index in [-0.39, 0.29) is 6.04 Å². The first-order valence-electron chi connectivity index (χ1n) is 7.30. The van der Waals surface area contributed by atoms with Gasteiger partial charge >= 0.3 is 0 Å². The SMILES string of the molecule is CCNCc1cc(S(=O)(=O)NC(C)CC2CC2)cn1C. The van der Waals surface area contributed by atoms with Gasteiger partial charge in [0.25, 0.3) is 0 Å². The van der Waals surface area contributed by atoms with Gasteiger partial charge in [0.05, 0.1) is 4.90 Å². The molecule has 20 heavy (non-hydrogen) atoms. The molecular weight excluding hydrogens is 274 g/mol. The first-order chi connectivity index (χ1) is 9.42. The van der Waals surface area contributed by atoms with E-state index in [1.165, 1.54) is 12.8 Å². The number of hydrogen-bond donors (Lipinski definition) is 2. The van der Waals surface area contributed by atoms with Crippen LogP contribution in [0.2, 0.25) is 0 Å². The van der Waals surface area contributed by atoms with Crippen molar-refractivity contribution in [3.8, 4) is 0 Å². The molecule has 1 aliphatic carbocycles. The van der Waals surface area contributed by atoms with E-state index in [1.54, 1.807) is 12.3 Å². The molecule has 1 heterocycles. The van der Waals surface area contributed by atoms with Crippen LogP contribution in [-0.2, 0) is 23.6 Å². The van der Waals surface area contributed by atoms with E-state index in [0.717, 1.165) is 18.7 Å². The molecule has 2 N–H and O–H groups in total. The number of aromatic nitrogens is 1. The van der Waals surface area contributed by atoms with Crippen LogP contribution in [0.4, 0.5) is 0 Å². The average Bonchev–Trinajstić information content (AvgIpc) is 3.07. The normalized spacial score (nSPS) is 17.4. The maximum atomic E-state index is 12.3. The molecule has 2 rings (SSSR count). The van der Waals surface area contributed by atoms with Gasteiger partial charge in [-0.2, -0.15) is 0 Å². The molecule has 5 nitrogen and oxygen atoms in total. The summed E-state index contributed by atoms with van der Waals surface area (Å²) < 4.78 is 29.3. The molecule has 1 aromatic rings. The molecular formula is C14H25N3O2S. The molecule has 6 heteroatoms. The lowest BCUT2D eigenvalue weighted by Gasteiger charge is -2.12. The van der Waals surface area contributed by atoms with E-state index >= 15 is 0 Å². The van der Waals surface area contributed by atoms with Gasteiger partial charge < -0.3 is 9.88 Å². The fourth-order valence-electron chi connectivity index (χ4n) is 2.39. The van der Waals surface area contributed by atoms with Crippen molar-refractivity contribution in [1.82, 2.24) is 14.6 Å². The third kappa shape index (κ3) is 4.07. The van der Waals surface area contributed by atoms with Crippen molar-refractivity contribution in [3.05, 3.63) is 18.0 Å². The Labute approximate surface area is 121 Å². The summed E-state index contributed by atoms with van der Waals surface area (Å²) in [5, 5.41) is 3.21. The molecule has 1 aliphatic rings. The Balaban J connectivity index is 2.04. The number of nitrogens with one attached hydrogen (secondary N) is 2. The van der Waals surface area contributed by atoms with Crippen LogP contribution in [0.1, 0.15) is 38.8 Å². The van der Waals surface area contributed by atoms with Gasteiger partial charge in [-0.25, -0.2) is 13.1 Å². The summed E-state index contributed by atoms with van der Waals surface area (Å²) in [7, 11) is -1.53. The summed E-state index contributed by atoms with van der Waals surface area (Å²) >= 11 is 0. The molecule has 0 spiro atoms. The van der Waals surface area contributed by atoms with Gasteiger partial charge in [-0.05, 0) is 31.9 Å². The minimum Gasteiger partial charge on any atom is -0.352 e. The summed E-state index contributed by atoms with van der Waals surface area (Å²) in [6.07, 6.45) is 5.10. The van der Waals surface area contributed by atoms with E-state index in [0.29, 0.717) is 17.4 Å². The Morgan fingerprint density at radius 2 is 2.15 bits per heavy atom. The second-order valence-corrected chi connectivity index (χ2v) is 7.47. The minimum absolute atomic E-state index is 0.00456. The number of aryl methyl sites for hydroxylation is 1. The smallest absolute Gasteiger partial charge is 0.242 e. The van der Waals surface area contributed by atoms with Gasteiger partial charge in [0, 0.05) is 31.5 Å². The molecule has 0 amide bonds. The van der Waals surface area contributed by atoms with Gasteiger partial charge in [0.2, 0.25) is 10.0 Å². The highest BCUT2D eigenvalue weighted by atomic mass is 32.2. The van der Waals surface area contributed by atoms with Crippen LogP contribution in [0.15, 0.2) is 17.2 Å². The maximum absolute atomic E-state index is 12.3. The van der Waals surface area contributed by atoms with Crippen LogP contribution < -0.4 is 10.0 Å². The average molecular weight is 299 g/mol. The topological polar surface area (TPSA) is 63.1 Å². The van der Waals surface area contributed by atoms with Gasteiger partial charge in [-0.1, -0.05) is 19.8 Å². The van der Waals surface area contributed by atoms with E-state index in [2.05, 4.69) is 10.0 Å². The van der Waals surface area contributed by atoms with E-state index in [9.17, 15) is 8.42 Å². The highest BCUT2D eigenvalue weighted by Crippen LogP contribution is 2.33. The molecule has 0 aromatic carbocycles. The maximum Gasteiger partial charge on any atom is 0.242 e. The van der Waals surface area contributed by atoms with E-state index in [4.69, 9.17) is 0 Å². The fourth-order valence-corrected chi connectivity index (χ4v) is 3.74. The third-order valence-corrected chi connectivity index (χ3v) is 5.25. The molecule has 0 saturated heterocycles. The number of sulfonamides is 1. The van der Waals surface area contributed by atoms with Gasteiger partial charge in [0.1, 0.15) is 0 Å². The predicted molar refractivity (Wildman–Crippen MR) is 79.9 cm³/mol. The monoisotopic (exact) mass is 299 g/mol. The lowest BCUT2D eigenvalue weighted by molar-refractivity contribution is 0.530. The van der Waals surface area contributed by atoms with Crippen molar-refractivity contribution >= 4 is 10.0 Å². The highest BCUT2D eigenvalue weighted by Gasteiger charge is 2.26. The molecule has 1 saturated carbocycles. The molecule has 1 unspecified atom stereocenters. The second-order valence-electron chi connectivity index (χ2n) is 5.76. The summed E-state index contributed by atoms with van der Waals surface area (Å²) in [6.45, 7) is 5.52. The fraction of sp³-hybridized carbons (Fsp3) is 0.714. The number of hydrogen-bond acceptors (Lipinski definition) is 3. The highest BCUT2D eigenvalue weighted by molar-refractivity contribution is 7.89. The molecule has 114 valence electrons. The Hall–Kier alpha value is -0.850. The number of rotatable bonds is 8. The zero-order valence-corrected chi connectivity index (χ0v) is 13.3. The van der Waals surface area contributed by atoms with E-state index in [1.807, 2.05) is 25.5 Å². The predicted octanol–water partition coefficient (Wildman–Crippen LogP) is 1.60. The largest absolute Gasteiger partial charge is 0.352 e. The van der Waals surface area contributed by atoms with Crippen LogP contribution in [0.3, 0.4) is 0 Å². The van der Waals surface area contributed by atoms with Crippen molar-refractivity contribution in [1.29, 1.82) is 0 Å². The lowest BCUT2D eigenvalue weighted by atomic mass is 10.2. The van der Waals surface area contributed by atoms with Crippen LogP contribution in [-0.4, -0.2) is 25.6 Å². The Morgan fingerprint density at radius 3 is 2.75 bits per heavy atom. The Bertz CT molecular complexity index is 547. The zero-order valence-electron chi connectivity index (χ0n) is 12.5. The number of nitrogens with zero attached hydrogens (tertiary/aromatic N) is 1. The van der Waals surface area contributed by atoms with Crippen molar-refractivity contribution < 1.29 is 8.42 Å². The van der Waals surface area contributed by atoms with E-state index < -0.39 is 10.0 Å². The molecule has 0 radical (unpaired) electrons. The first-order valence-corrected chi connectivity index (χ1v) is 8.79. The van der Waals surface area contributed by atoms with Crippen molar-refractivity contribution in [2.75, 3.05) is 6.54 Å². The summed E-state index contributed by atoms with van der Waals surface area (Å²) in [5.41, 5.74) is 0.974. The van der Waals surface area contributed by atoms with Crippen LogP contribution in [0.25, 0.3) is 0 Å². The molecule has 0 bridgehead atoms. The Morgan fingerprint density at radius 1 is 1.45 bits per heavy atom. The molecule has 1 fully saturated rings. The zero-order chi connectivity index (χ0) is 14.8. The summed E-state index contributed by atoms with van der Waals surface area (Å²) in [4.78, 5) is 0.357. The van der Waals surface area contributed by atoms with Gasteiger partial charge in [0.15, 0.2) is 0 Å². The van der Waals surface area contributed by atoms with Gasteiger partial charge in [-0.15, -0.1) is 0 Å². The van der Waals surface area contributed by atoms with Gasteiger partial charge in [-0.3, -0.25) is 0 Å². The molecule has 1 aromatic heterocycles. The lowest BCUT2D eigenvalue weighted by Crippen LogP contribution is -2.32. The quantitative estimate of drug-likeness (QED) is 0.766. The Kier molecular flexibility index (Phi) is 4.88. The molecule has 0 aliphatic heterocycles. The molecule has 1 atom stereocenters. The van der Waals surface area contributed by atoms with Crippen molar-refractivity contribution in [2.45, 2.75) is 50.6 Å². The van der Waals surface area contributed by atoms with Crippen LogP contribution in [0, 0.1) is 5.92 Å². The second kappa shape index (κ2) is 6.28. The van der Waals surface area contributed by atoms with Crippen molar-refractivity contribution in [3.63, 3.8) is 0 Å².